The molecule has 1 heterocycles. The molecule has 2 aromatic rings. The number of rotatable bonds is 6. The number of carbonyl (C=O) groups is 1. The van der Waals surface area contributed by atoms with Crippen LogP contribution in [0.4, 0.5) is 4.39 Å². The molecule has 1 unspecified atom stereocenters. The molecule has 0 N–H and O–H groups in total. The van der Waals surface area contributed by atoms with E-state index in [0.717, 1.165) is 0 Å². The summed E-state index contributed by atoms with van der Waals surface area (Å²) in [5.74, 6) is -0.407. The van der Waals surface area contributed by atoms with Crippen molar-refractivity contribution in [1.82, 2.24) is 9.97 Å². The fourth-order valence-electron chi connectivity index (χ4n) is 1.66. The lowest BCUT2D eigenvalue weighted by Gasteiger charge is -2.11. The van der Waals surface area contributed by atoms with Crippen LogP contribution in [0.3, 0.4) is 0 Å². The van der Waals surface area contributed by atoms with Crippen LogP contribution in [0.2, 0.25) is 0 Å². The first-order chi connectivity index (χ1) is 11.1. The lowest BCUT2D eigenvalue weighted by Crippen LogP contribution is -2.15. The summed E-state index contributed by atoms with van der Waals surface area (Å²) in [5, 5.41) is 8.97. The van der Waals surface area contributed by atoms with E-state index in [2.05, 4.69) is 9.97 Å². The van der Waals surface area contributed by atoms with Crippen molar-refractivity contribution in [2.75, 3.05) is 6.61 Å². The van der Waals surface area contributed by atoms with Crippen LogP contribution >= 0.6 is 0 Å². The molecule has 118 valence electrons. The number of alkyl halides is 1. The monoisotopic (exact) mass is 315 g/mol. The molecule has 2 rings (SSSR count). The molecule has 6 nitrogen and oxygen atoms in total. The molecule has 0 bridgehead atoms. The van der Waals surface area contributed by atoms with Crippen LogP contribution in [0.25, 0.3) is 0 Å². The highest BCUT2D eigenvalue weighted by molar-refractivity contribution is 5.92. The van der Waals surface area contributed by atoms with Crippen LogP contribution in [0, 0.1) is 11.3 Å². The molecule has 23 heavy (non-hydrogen) atoms. The second kappa shape index (κ2) is 7.84. The van der Waals surface area contributed by atoms with Gasteiger partial charge in [-0.25, -0.2) is 19.2 Å². The number of ether oxygens (including phenoxy) is 2. The Labute approximate surface area is 132 Å². The van der Waals surface area contributed by atoms with E-state index in [-0.39, 0.29) is 30.2 Å². The largest absolute Gasteiger partial charge is 0.459 e. The van der Waals surface area contributed by atoms with Crippen molar-refractivity contribution in [3.63, 3.8) is 0 Å². The average Bonchev–Trinajstić information content (AvgIpc) is 2.60. The number of nitriles is 1. The molecule has 0 fully saturated rings. The summed E-state index contributed by atoms with van der Waals surface area (Å²) < 4.78 is 23.6. The normalized spacial score (nSPS) is 11.3. The summed E-state index contributed by atoms with van der Waals surface area (Å²) in [5.41, 5.74) is 0.397. The Morgan fingerprint density at radius 3 is 2.91 bits per heavy atom. The maximum atomic E-state index is 13.2. The molecule has 0 saturated heterocycles. The van der Waals surface area contributed by atoms with E-state index in [4.69, 9.17) is 14.7 Å². The fraction of sp³-hybridized carbons (Fsp3) is 0.250. The van der Waals surface area contributed by atoms with Crippen molar-refractivity contribution in [3.05, 3.63) is 47.9 Å². The van der Waals surface area contributed by atoms with Crippen molar-refractivity contribution >= 4 is 5.97 Å². The van der Waals surface area contributed by atoms with Gasteiger partial charge in [0.05, 0.1) is 11.6 Å². The van der Waals surface area contributed by atoms with Crippen LogP contribution < -0.4 is 4.74 Å². The van der Waals surface area contributed by atoms with E-state index >= 15 is 0 Å². The van der Waals surface area contributed by atoms with Gasteiger partial charge in [-0.2, -0.15) is 5.26 Å². The molecular weight excluding hydrogens is 301 g/mol. The number of halogens is 1. The summed E-state index contributed by atoms with van der Waals surface area (Å²) >= 11 is 0. The molecule has 0 radical (unpaired) electrons. The summed E-state index contributed by atoms with van der Waals surface area (Å²) in [6, 6.07) is 7.70. The van der Waals surface area contributed by atoms with Gasteiger partial charge in [-0.1, -0.05) is 6.92 Å². The van der Waals surface area contributed by atoms with Gasteiger partial charge < -0.3 is 9.47 Å². The number of esters is 1. The molecule has 0 aliphatic rings. The molecule has 0 saturated carbocycles. The van der Waals surface area contributed by atoms with Crippen LogP contribution in [0.1, 0.15) is 29.3 Å². The Morgan fingerprint density at radius 2 is 2.26 bits per heavy atom. The summed E-state index contributed by atoms with van der Waals surface area (Å²) in [4.78, 5) is 19.7. The highest BCUT2D eigenvalue weighted by atomic mass is 19.1. The molecule has 1 aromatic heterocycles. The van der Waals surface area contributed by atoms with Crippen LogP contribution in [0.15, 0.2) is 36.8 Å². The van der Waals surface area contributed by atoms with Crippen LogP contribution in [-0.2, 0) is 4.74 Å². The molecular formula is C16H14FN3O3. The number of nitrogens with zero attached hydrogens (tertiary/aromatic N) is 3. The predicted molar refractivity (Wildman–Crippen MR) is 78.7 cm³/mol. The smallest absolute Gasteiger partial charge is 0.342 e. The predicted octanol–water partition coefficient (Wildman–Crippen LogP) is 3.05. The third kappa shape index (κ3) is 4.48. The summed E-state index contributed by atoms with van der Waals surface area (Å²) in [6.45, 7) is 1.33. The third-order valence-corrected chi connectivity index (χ3v) is 2.94. The van der Waals surface area contributed by atoms with E-state index in [1.807, 2.05) is 6.07 Å². The minimum Gasteiger partial charge on any atom is -0.459 e. The Balaban J connectivity index is 2.24. The van der Waals surface area contributed by atoms with Crippen molar-refractivity contribution < 1.29 is 18.7 Å². The summed E-state index contributed by atoms with van der Waals surface area (Å²) in [6.07, 6.45) is 1.80. The van der Waals surface area contributed by atoms with Gasteiger partial charge in [0.1, 0.15) is 30.4 Å². The average molecular weight is 315 g/mol. The number of benzene rings is 1. The third-order valence-electron chi connectivity index (χ3n) is 2.94. The summed E-state index contributed by atoms with van der Waals surface area (Å²) in [7, 11) is 0. The van der Waals surface area contributed by atoms with Crippen LogP contribution in [-0.4, -0.2) is 28.7 Å². The van der Waals surface area contributed by atoms with E-state index in [0.29, 0.717) is 5.56 Å². The van der Waals surface area contributed by atoms with E-state index in [9.17, 15) is 9.18 Å². The first-order valence-corrected chi connectivity index (χ1v) is 6.93. The maximum Gasteiger partial charge on any atom is 0.342 e. The van der Waals surface area contributed by atoms with Crippen LogP contribution in [0.5, 0.6) is 11.6 Å². The van der Waals surface area contributed by atoms with Gasteiger partial charge in [-0.15, -0.1) is 0 Å². The van der Waals surface area contributed by atoms with Gasteiger partial charge >= 0.3 is 5.97 Å². The second-order valence-corrected chi connectivity index (χ2v) is 4.58. The topological polar surface area (TPSA) is 85.1 Å². The zero-order valence-corrected chi connectivity index (χ0v) is 12.4. The van der Waals surface area contributed by atoms with E-state index in [1.165, 1.54) is 36.8 Å². The van der Waals surface area contributed by atoms with Crippen molar-refractivity contribution in [2.45, 2.75) is 19.5 Å². The Morgan fingerprint density at radius 1 is 1.43 bits per heavy atom. The van der Waals surface area contributed by atoms with E-state index < -0.39 is 12.1 Å². The lowest BCUT2D eigenvalue weighted by molar-refractivity contribution is 0.0393. The first kappa shape index (κ1) is 16.4. The molecule has 7 heteroatoms. The van der Waals surface area contributed by atoms with Gasteiger partial charge in [0.25, 0.3) is 0 Å². The first-order valence-electron chi connectivity index (χ1n) is 6.93. The van der Waals surface area contributed by atoms with Crippen molar-refractivity contribution in [3.8, 4) is 17.7 Å². The minimum atomic E-state index is -1.22. The zero-order valence-electron chi connectivity index (χ0n) is 12.4. The van der Waals surface area contributed by atoms with E-state index in [1.54, 1.807) is 6.92 Å². The number of hydrogen-bond acceptors (Lipinski definition) is 6. The van der Waals surface area contributed by atoms with Gasteiger partial charge in [0.2, 0.25) is 5.88 Å². The highest BCUT2D eigenvalue weighted by Gasteiger charge is 2.17. The van der Waals surface area contributed by atoms with Gasteiger partial charge in [-0.05, 0) is 24.6 Å². The number of hydrogen-bond donors (Lipinski definition) is 0. The number of carbonyl (C=O) groups excluding carboxylic acids is 1. The Bertz CT molecular complexity index is 716. The molecule has 0 aliphatic heterocycles. The molecule has 0 spiro atoms. The van der Waals surface area contributed by atoms with Gasteiger partial charge in [-0.3, -0.25) is 0 Å². The highest BCUT2D eigenvalue weighted by Crippen LogP contribution is 2.26. The molecule has 0 aliphatic carbocycles. The maximum absolute atomic E-state index is 13.2. The standard InChI is InChI=1S/C16H14FN3O3/c1-2-12(17)9-22-16(21)13-4-3-11(8-18)7-14(13)23-15-5-6-19-10-20-15/h3-7,10,12H,2,9H2,1H3. The zero-order chi connectivity index (χ0) is 16.7. The SMILES string of the molecule is CCC(F)COC(=O)c1ccc(C#N)cc1Oc1ccncn1. The molecule has 1 aromatic carbocycles. The molecule has 0 amide bonds. The van der Waals surface area contributed by atoms with Gasteiger partial charge in [0.15, 0.2) is 0 Å². The minimum absolute atomic E-state index is 0.0888. The number of aromatic nitrogens is 2. The fourth-order valence-corrected chi connectivity index (χ4v) is 1.66. The second-order valence-electron chi connectivity index (χ2n) is 4.58. The lowest BCUT2D eigenvalue weighted by atomic mass is 10.1. The van der Waals surface area contributed by atoms with Gasteiger partial charge in [0, 0.05) is 12.3 Å². The van der Waals surface area contributed by atoms with Crippen molar-refractivity contribution in [2.24, 2.45) is 0 Å². The molecule has 1 atom stereocenters. The Kier molecular flexibility index (Phi) is 5.58. The van der Waals surface area contributed by atoms with Crippen molar-refractivity contribution in [1.29, 1.82) is 5.26 Å². The quantitative estimate of drug-likeness (QED) is 0.762. The Hall–Kier alpha value is -3.01.